The molecule has 0 saturated heterocycles. The third kappa shape index (κ3) is 3.17. The van der Waals surface area contributed by atoms with Crippen molar-refractivity contribution in [1.82, 2.24) is 30.2 Å². The van der Waals surface area contributed by atoms with Gasteiger partial charge in [-0.25, -0.2) is 4.98 Å². The molecule has 4 aromatic heterocycles. The van der Waals surface area contributed by atoms with E-state index in [1.807, 2.05) is 32.3 Å². The lowest BCUT2D eigenvalue weighted by Gasteiger charge is -2.14. The Morgan fingerprint density at radius 1 is 1.30 bits per heavy atom. The Hall–Kier alpha value is -3.55. The zero-order chi connectivity index (χ0) is 19.0. The SMILES string of the molecule is Cc1noc2nc(-c3cnn(C)c3)cc(C(=O)NC(C)c3ccncc3)c12. The van der Waals surface area contributed by atoms with Gasteiger partial charge in [0.2, 0.25) is 0 Å². The largest absolute Gasteiger partial charge is 0.345 e. The predicted octanol–water partition coefficient (Wildman–Crippen LogP) is 2.82. The number of aromatic nitrogens is 5. The minimum atomic E-state index is -0.219. The minimum Gasteiger partial charge on any atom is -0.345 e. The molecule has 1 amide bonds. The van der Waals surface area contributed by atoms with Gasteiger partial charge in [0.15, 0.2) is 0 Å². The van der Waals surface area contributed by atoms with Gasteiger partial charge in [-0.3, -0.25) is 14.5 Å². The van der Waals surface area contributed by atoms with Crippen molar-refractivity contribution in [3.05, 3.63) is 59.8 Å². The molecule has 0 bridgehead atoms. The van der Waals surface area contributed by atoms with E-state index in [1.165, 1.54) is 0 Å². The monoisotopic (exact) mass is 362 g/mol. The average Bonchev–Trinajstić information content (AvgIpc) is 3.27. The van der Waals surface area contributed by atoms with Crippen LogP contribution in [0.15, 0.2) is 47.5 Å². The second-order valence-corrected chi connectivity index (χ2v) is 6.38. The van der Waals surface area contributed by atoms with Crippen LogP contribution in [0, 0.1) is 6.92 Å². The van der Waals surface area contributed by atoms with Gasteiger partial charge >= 0.3 is 0 Å². The first-order valence-electron chi connectivity index (χ1n) is 8.50. The number of hydrogen-bond acceptors (Lipinski definition) is 6. The number of nitrogens with one attached hydrogen (secondary N) is 1. The van der Waals surface area contributed by atoms with Crippen molar-refractivity contribution in [2.75, 3.05) is 0 Å². The number of carbonyl (C=O) groups is 1. The van der Waals surface area contributed by atoms with Crippen molar-refractivity contribution >= 4 is 17.0 Å². The van der Waals surface area contributed by atoms with Crippen molar-refractivity contribution in [2.24, 2.45) is 7.05 Å². The number of aryl methyl sites for hydroxylation is 2. The van der Waals surface area contributed by atoms with Gasteiger partial charge in [0.05, 0.1) is 34.6 Å². The maximum Gasteiger partial charge on any atom is 0.259 e. The van der Waals surface area contributed by atoms with Crippen LogP contribution in [0.3, 0.4) is 0 Å². The molecular weight excluding hydrogens is 344 g/mol. The lowest BCUT2D eigenvalue weighted by molar-refractivity contribution is 0.0941. The highest BCUT2D eigenvalue weighted by atomic mass is 16.5. The standard InChI is InChI=1S/C19H18N6O2/c1-11(13-4-6-20-7-5-13)22-18(26)15-8-16(14-9-21-25(3)10-14)23-19-17(15)12(2)24-27-19/h4-11H,1-3H3,(H,22,26). The molecule has 136 valence electrons. The van der Waals surface area contributed by atoms with E-state index >= 15 is 0 Å². The summed E-state index contributed by atoms with van der Waals surface area (Å²) in [7, 11) is 1.82. The van der Waals surface area contributed by atoms with E-state index < -0.39 is 0 Å². The molecule has 0 fully saturated rings. The topological polar surface area (TPSA) is 98.7 Å². The van der Waals surface area contributed by atoms with E-state index in [-0.39, 0.29) is 11.9 Å². The van der Waals surface area contributed by atoms with Gasteiger partial charge in [0, 0.05) is 31.2 Å². The van der Waals surface area contributed by atoms with Crippen LogP contribution in [0.1, 0.15) is 34.6 Å². The molecule has 0 aliphatic heterocycles. The molecule has 0 aliphatic rings. The predicted molar refractivity (Wildman–Crippen MR) is 98.9 cm³/mol. The summed E-state index contributed by atoms with van der Waals surface area (Å²) in [5.41, 5.74) is 3.79. The van der Waals surface area contributed by atoms with E-state index in [0.29, 0.717) is 28.1 Å². The van der Waals surface area contributed by atoms with Crippen molar-refractivity contribution < 1.29 is 9.32 Å². The molecule has 4 aromatic rings. The molecule has 1 N–H and O–H groups in total. The number of pyridine rings is 2. The molecule has 27 heavy (non-hydrogen) atoms. The normalized spacial score (nSPS) is 12.3. The van der Waals surface area contributed by atoms with E-state index in [1.54, 1.807) is 36.3 Å². The van der Waals surface area contributed by atoms with E-state index in [9.17, 15) is 4.79 Å². The Morgan fingerprint density at radius 3 is 2.78 bits per heavy atom. The molecule has 0 saturated carbocycles. The van der Waals surface area contributed by atoms with Crippen LogP contribution in [0.4, 0.5) is 0 Å². The second-order valence-electron chi connectivity index (χ2n) is 6.38. The fraction of sp³-hybridized carbons (Fsp3) is 0.211. The van der Waals surface area contributed by atoms with Crippen LogP contribution in [-0.4, -0.2) is 30.8 Å². The van der Waals surface area contributed by atoms with Gasteiger partial charge < -0.3 is 9.84 Å². The number of amides is 1. The van der Waals surface area contributed by atoms with Crippen LogP contribution >= 0.6 is 0 Å². The van der Waals surface area contributed by atoms with Crippen LogP contribution < -0.4 is 5.32 Å². The Balaban J connectivity index is 1.75. The third-order valence-corrected chi connectivity index (χ3v) is 4.42. The first-order chi connectivity index (χ1) is 13.0. The first kappa shape index (κ1) is 16.9. The van der Waals surface area contributed by atoms with Gasteiger partial charge in [-0.15, -0.1) is 0 Å². The number of nitrogens with zero attached hydrogens (tertiary/aromatic N) is 5. The fourth-order valence-electron chi connectivity index (χ4n) is 2.99. The van der Waals surface area contributed by atoms with Gasteiger partial charge in [0.1, 0.15) is 0 Å². The molecule has 0 spiro atoms. The van der Waals surface area contributed by atoms with Crippen LogP contribution in [0.25, 0.3) is 22.4 Å². The Kier molecular flexibility index (Phi) is 4.15. The maximum absolute atomic E-state index is 13.0. The fourth-order valence-corrected chi connectivity index (χ4v) is 2.99. The number of carbonyl (C=O) groups excluding carboxylic acids is 1. The molecular formula is C19H18N6O2. The number of rotatable bonds is 4. The van der Waals surface area contributed by atoms with Crippen LogP contribution in [0.5, 0.6) is 0 Å². The molecule has 4 rings (SSSR count). The van der Waals surface area contributed by atoms with Gasteiger partial charge in [0.25, 0.3) is 11.6 Å². The van der Waals surface area contributed by atoms with Gasteiger partial charge in [-0.05, 0) is 37.6 Å². The van der Waals surface area contributed by atoms with Gasteiger partial charge in [-0.1, -0.05) is 5.16 Å². The summed E-state index contributed by atoms with van der Waals surface area (Å²) in [5, 5.41) is 11.8. The van der Waals surface area contributed by atoms with Crippen LogP contribution in [0.2, 0.25) is 0 Å². The van der Waals surface area contributed by atoms with Crippen molar-refractivity contribution in [2.45, 2.75) is 19.9 Å². The van der Waals surface area contributed by atoms with E-state index in [0.717, 1.165) is 11.1 Å². The zero-order valence-electron chi connectivity index (χ0n) is 15.2. The quantitative estimate of drug-likeness (QED) is 0.599. The molecule has 0 radical (unpaired) electrons. The average molecular weight is 362 g/mol. The molecule has 8 heteroatoms. The maximum atomic E-state index is 13.0. The first-order valence-corrected chi connectivity index (χ1v) is 8.50. The van der Waals surface area contributed by atoms with E-state index in [2.05, 4.69) is 25.5 Å². The highest BCUT2D eigenvalue weighted by Crippen LogP contribution is 2.27. The summed E-state index contributed by atoms with van der Waals surface area (Å²) in [4.78, 5) is 21.5. The van der Waals surface area contributed by atoms with Crippen molar-refractivity contribution in [1.29, 1.82) is 0 Å². The summed E-state index contributed by atoms with van der Waals surface area (Å²) < 4.78 is 7.00. The molecule has 1 unspecified atom stereocenters. The number of fused-ring (bicyclic) bond motifs is 1. The third-order valence-electron chi connectivity index (χ3n) is 4.42. The smallest absolute Gasteiger partial charge is 0.259 e. The van der Waals surface area contributed by atoms with Crippen molar-refractivity contribution in [3.8, 4) is 11.3 Å². The van der Waals surface area contributed by atoms with Crippen LogP contribution in [-0.2, 0) is 7.05 Å². The number of hydrogen-bond donors (Lipinski definition) is 1. The Labute approximate surface area is 155 Å². The highest BCUT2D eigenvalue weighted by molar-refractivity contribution is 6.07. The molecule has 1 atom stereocenters. The molecule has 0 aliphatic carbocycles. The minimum absolute atomic E-state index is 0.175. The Bertz CT molecular complexity index is 1120. The Morgan fingerprint density at radius 2 is 2.07 bits per heavy atom. The van der Waals surface area contributed by atoms with Crippen molar-refractivity contribution in [3.63, 3.8) is 0 Å². The summed E-state index contributed by atoms with van der Waals surface area (Å²) in [6, 6.07) is 5.32. The summed E-state index contributed by atoms with van der Waals surface area (Å²) >= 11 is 0. The van der Waals surface area contributed by atoms with Gasteiger partial charge in [-0.2, -0.15) is 5.10 Å². The summed E-state index contributed by atoms with van der Waals surface area (Å²) in [5.74, 6) is -0.219. The van der Waals surface area contributed by atoms with E-state index in [4.69, 9.17) is 4.52 Å². The second kappa shape index (κ2) is 6.64. The highest BCUT2D eigenvalue weighted by Gasteiger charge is 2.21. The molecule has 4 heterocycles. The molecule has 8 nitrogen and oxygen atoms in total. The summed E-state index contributed by atoms with van der Waals surface area (Å²) in [6.45, 7) is 3.72. The summed E-state index contributed by atoms with van der Waals surface area (Å²) in [6.07, 6.45) is 6.93. The molecule has 0 aromatic carbocycles. The zero-order valence-corrected chi connectivity index (χ0v) is 15.2. The lowest BCUT2D eigenvalue weighted by atomic mass is 10.1. The lowest BCUT2D eigenvalue weighted by Crippen LogP contribution is -2.27.